The largest absolute Gasteiger partial charge is 0.379 e. The fraction of sp³-hybridized carbons (Fsp3) is 0.474. The summed E-state index contributed by atoms with van der Waals surface area (Å²) in [5.74, 6) is 0. The molecule has 3 heterocycles. The van der Waals surface area contributed by atoms with Gasteiger partial charge in [-0.2, -0.15) is 4.31 Å². The van der Waals surface area contributed by atoms with E-state index in [1.165, 1.54) is 39.0 Å². The lowest BCUT2D eigenvalue weighted by molar-refractivity contribution is 0.0730. The molecular weight excluding hydrogens is 446 g/mol. The first-order valence-electron chi connectivity index (χ1n) is 9.81. The summed E-state index contributed by atoms with van der Waals surface area (Å²) in [6.45, 7) is 4.01. The zero-order valence-corrected chi connectivity index (χ0v) is 18.9. The van der Waals surface area contributed by atoms with E-state index in [2.05, 4.69) is 21.1 Å². The molecule has 2 aliphatic rings. The second-order valence-corrected chi connectivity index (χ2v) is 12.0. The van der Waals surface area contributed by atoms with Crippen LogP contribution in [0.3, 0.4) is 0 Å². The lowest BCUT2D eigenvalue weighted by Gasteiger charge is -2.26. The molecule has 1 saturated heterocycles. The summed E-state index contributed by atoms with van der Waals surface area (Å²) in [5.41, 5.74) is 1.33. The van der Waals surface area contributed by atoms with E-state index in [-0.39, 0.29) is 9.79 Å². The van der Waals surface area contributed by atoms with E-state index in [1.54, 1.807) is 11.3 Å². The number of fused-ring (bicyclic) bond motifs is 1. The van der Waals surface area contributed by atoms with Crippen LogP contribution in [0.4, 0.5) is 0 Å². The molecule has 11 heteroatoms. The van der Waals surface area contributed by atoms with Crippen molar-refractivity contribution in [2.24, 2.45) is 0 Å². The molecule has 0 unspecified atom stereocenters. The van der Waals surface area contributed by atoms with E-state index in [4.69, 9.17) is 4.74 Å². The van der Waals surface area contributed by atoms with Crippen LogP contribution in [0, 0.1) is 0 Å². The van der Waals surface area contributed by atoms with Crippen LogP contribution in [-0.2, 0) is 37.7 Å². The van der Waals surface area contributed by atoms with Gasteiger partial charge in [0.2, 0.25) is 20.0 Å². The molecular formula is C19H25N3O5S3. The Hall–Kier alpha value is -1.34. The van der Waals surface area contributed by atoms with Crippen molar-refractivity contribution in [3.05, 3.63) is 46.2 Å². The van der Waals surface area contributed by atoms with E-state index in [1.807, 2.05) is 0 Å². The monoisotopic (exact) mass is 471 g/mol. The van der Waals surface area contributed by atoms with E-state index in [0.717, 1.165) is 19.5 Å². The molecule has 164 valence electrons. The Kier molecular flexibility index (Phi) is 6.58. The number of ether oxygens (including phenoxy) is 1. The van der Waals surface area contributed by atoms with Gasteiger partial charge in [-0.1, -0.05) is 0 Å². The predicted molar refractivity (Wildman–Crippen MR) is 115 cm³/mol. The molecule has 0 bridgehead atoms. The van der Waals surface area contributed by atoms with Crippen LogP contribution in [-0.4, -0.2) is 72.0 Å². The van der Waals surface area contributed by atoms with Crippen molar-refractivity contribution in [1.29, 1.82) is 0 Å². The molecule has 2 aromatic rings. The second-order valence-electron chi connectivity index (χ2n) is 7.28. The summed E-state index contributed by atoms with van der Waals surface area (Å²) < 4.78 is 59.7. The van der Waals surface area contributed by atoms with Gasteiger partial charge in [-0.05, 0) is 47.7 Å². The lowest BCUT2D eigenvalue weighted by atomic mass is 10.1. The Labute approximate surface area is 181 Å². The molecule has 0 aliphatic carbocycles. The fourth-order valence-electron chi connectivity index (χ4n) is 3.65. The van der Waals surface area contributed by atoms with Gasteiger partial charge in [-0.3, -0.25) is 4.90 Å². The van der Waals surface area contributed by atoms with Gasteiger partial charge in [-0.15, -0.1) is 11.3 Å². The van der Waals surface area contributed by atoms with E-state index in [0.29, 0.717) is 39.4 Å². The number of benzene rings is 1. The smallest absolute Gasteiger partial charge is 0.243 e. The molecule has 8 nitrogen and oxygen atoms in total. The third-order valence-corrected chi connectivity index (χ3v) is 9.76. The highest BCUT2D eigenvalue weighted by atomic mass is 32.2. The van der Waals surface area contributed by atoms with E-state index in [9.17, 15) is 16.8 Å². The van der Waals surface area contributed by atoms with Crippen molar-refractivity contribution in [2.45, 2.75) is 22.8 Å². The predicted octanol–water partition coefficient (Wildman–Crippen LogP) is 1.11. The number of thiophene rings is 1. The van der Waals surface area contributed by atoms with Gasteiger partial charge >= 0.3 is 0 Å². The number of rotatable bonds is 7. The molecule has 0 radical (unpaired) electrons. The van der Waals surface area contributed by atoms with Crippen LogP contribution in [0.2, 0.25) is 0 Å². The highest BCUT2D eigenvalue weighted by Crippen LogP contribution is 2.24. The van der Waals surface area contributed by atoms with Crippen molar-refractivity contribution in [3.63, 3.8) is 0 Å². The molecule has 4 rings (SSSR count). The summed E-state index contributed by atoms with van der Waals surface area (Å²) in [5, 5.41) is 2.10. The van der Waals surface area contributed by atoms with Gasteiger partial charge in [0.05, 0.1) is 23.0 Å². The third kappa shape index (κ3) is 4.77. The Morgan fingerprint density at radius 3 is 2.40 bits per heavy atom. The van der Waals surface area contributed by atoms with Gasteiger partial charge < -0.3 is 4.74 Å². The molecule has 2 aliphatic heterocycles. The normalized spacial score (nSPS) is 18.9. The summed E-state index contributed by atoms with van der Waals surface area (Å²) in [6, 6.07) is 7.51. The number of hydrogen-bond acceptors (Lipinski definition) is 7. The van der Waals surface area contributed by atoms with E-state index < -0.39 is 20.0 Å². The SMILES string of the molecule is O=S(=O)(NCCN1CCc2sccc2C1)c1ccc(S(=O)(=O)N2CCOCC2)cc1. The van der Waals surface area contributed by atoms with Crippen molar-refractivity contribution >= 4 is 31.4 Å². The number of sulfonamides is 2. The minimum Gasteiger partial charge on any atom is -0.379 e. The summed E-state index contributed by atoms with van der Waals surface area (Å²) in [6.07, 6.45) is 0.999. The molecule has 30 heavy (non-hydrogen) atoms. The van der Waals surface area contributed by atoms with Crippen LogP contribution in [0.5, 0.6) is 0 Å². The first-order valence-corrected chi connectivity index (χ1v) is 13.6. The van der Waals surface area contributed by atoms with Crippen LogP contribution in [0.25, 0.3) is 0 Å². The van der Waals surface area contributed by atoms with E-state index >= 15 is 0 Å². The lowest BCUT2D eigenvalue weighted by Crippen LogP contribution is -2.40. The Morgan fingerprint density at radius 2 is 1.67 bits per heavy atom. The molecule has 1 aromatic heterocycles. The highest BCUT2D eigenvalue weighted by Gasteiger charge is 2.27. The maximum atomic E-state index is 12.7. The highest BCUT2D eigenvalue weighted by molar-refractivity contribution is 7.89. The summed E-state index contributed by atoms with van der Waals surface area (Å²) in [4.78, 5) is 3.79. The van der Waals surface area contributed by atoms with Gasteiger partial charge in [0.25, 0.3) is 0 Å². The third-order valence-electron chi connectivity index (χ3n) is 5.35. The van der Waals surface area contributed by atoms with Crippen molar-refractivity contribution in [2.75, 3.05) is 45.9 Å². The number of nitrogens with zero attached hydrogens (tertiary/aromatic N) is 2. The molecule has 1 fully saturated rings. The van der Waals surface area contributed by atoms with Gasteiger partial charge in [0, 0.05) is 44.1 Å². The van der Waals surface area contributed by atoms with Gasteiger partial charge in [0.15, 0.2) is 0 Å². The molecule has 0 amide bonds. The van der Waals surface area contributed by atoms with Crippen molar-refractivity contribution in [3.8, 4) is 0 Å². The van der Waals surface area contributed by atoms with Crippen LogP contribution in [0.15, 0.2) is 45.5 Å². The van der Waals surface area contributed by atoms with Crippen LogP contribution >= 0.6 is 11.3 Å². The quantitative estimate of drug-likeness (QED) is 0.650. The standard InChI is InChI=1S/C19H25N3O5S3/c23-29(24,20-7-9-21-8-5-19-16(15-21)6-14-28-19)17-1-3-18(4-2-17)30(25,26)22-10-12-27-13-11-22/h1-4,6,14,20H,5,7-13,15H2. The number of hydrogen-bond donors (Lipinski definition) is 1. The van der Waals surface area contributed by atoms with Gasteiger partial charge in [-0.25, -0.2) is 21.6 Å². The molecule has 0 spiro atoms. The summed E-state index contributed by atoms with van der Waals surface area (Å²) in [7, 11) is -7.34. The Morgan fingerprint density at radius 1 is 0.967 bits per heavy atom. The summed E-state index contributed by atoms with van der Waals surface area (Å²) >= 11 is 1.77. The topological polar surface area (TPSA) is 96.0 Å². The zero-order valence-electron chi connectivity index (χ0n) is 16.5. The van der Waals surface area contributed by atoms with Crippen LogP contribution < -0.4 is 4.72 Å². The average molecular weight is 472 g/mol. The number of morpholine rings is 1. The molecule has 0 atom stereocenters. The van der Waals surface area contributed by atoms with Crippen LogP contribution in [0.1, 0.15) is 10.4 Å². The number of nitrogens with one attached hydrogen (secondary N) is 1. The Bertz CT molecular complexity index is 1070. The average Bonchev–Trinajstić information content (AvgIpc) is 3.22. The molecule has 0 saturated carbocycles. The minimum absolute atomic E-state index is 0.0576. The maximum absolute atomic E-state index is 12.7. The first kappa shape index (κ1) is 21.9. The van der Waals surface area contributed by atoms with Crippen molar-refractivity contribution in [1.82, 2.24) is 13.9 Å². The Balaban J connectivity index is 1.35. The maximum Gasteiger partial charge on any atom is 0.243 e. The minimum atomic E-state index is -3.70. The molecule has 1 N–H and O–H groups in total. The van der Waals surface area contributed by atoms with Gasteiger partial charge in [0.1, 0.15) is 0 Å². The van der Waals surface area contributed by atoms with Crippen molar-refractivity contribution < 1.29 is 21.6 Å². The second kappa shape index (κ2) is 9.03. The fourth-order valence-corrected chi connectivity index (χ4v) is 6.96. The first-order chi connectivity index (χ1) is 14.4. The molecule has 1 aromatic carbocycles. The zero-order chi connectivity index (χ0) is 21.2.